The molecule has 23 heavy (non-hydrogen) atoms. The van der Waals surface area contributed by atoms with Crippen LogP contribution in [0.15, 0.2) is 34.2 Å². The van der Waals surface area contributed by atoms with Gasteiger partial charge in [-0.2, -0.15) is 0 Å². The fourth-order valence-electron chi connectivity index (χ4n) is 3.06. The van der Waals surface area contributed by atoms with E-state index >= 15 is 0 Å². The summed E-state index contributed by atoms with van der Waals surface area (Å²) in [7, 11) is 0. The lowest BCUT2D eigenvalue weighted by molar-refractivity contribution is 0.348. The molecular weight excluding hydrogens is 330 g/mol. The zero-order valence-corrected chi connectivity index (χ0v) is 14.2. The van der Waals surface area contributed by atoms with Crippen LogP contribution in [0.4, 0.5) is 0 Å². The Balaban J connectivity index is 0.00000156. The van der Waals surface area contributed by atoms with E-state index in [9.17, 15) is 0 Å². The number of halogens is 1. The molecule has 0 amide bonds. The first-order valence-electron chi connectivity index (χ1n) is 7.54. The highest BCUT2D eigenvalue weighted by Gasteiger charge is 2.31. The van der Waals surface area contributed by atoms with Gasteiger partial charge in [-0.15, -0.1) is 12.4 Å². The Kier molecular flexibility index (Phi) is 4.46. The number of rotatable bonds is 0. The molecular formula is C16H18ClN5S. The molecule has 0 spiro atoms. The van der Waals surface area contributed by atoms with Crippen LogP contribution in [-0.4, -0.2) is 34.8 Å². The molecule has 5 nitrogen and oxygen atoms in total. The van der Waals surface area contributed by atoms with Crippen molar-refractivity contribution in [2.24, 2.45) is 4.99 Å². The monoisotopic (exact) mass is 347 g/mol. The predicted molar refractivity (Wildman–Crippen MR) is 98.8 cm³/mol. The molecule has 0 aliphatic carbocycles. The van der Waals surface area contributed by atoms with Gasteiger partial charge in [-0.25, -0.2) is 4.99 Å². The predicted octanol–water partition coefficient (Wildman–Crippen LogP) is 3.27. The van der Waals surface area contributed by atoms with Gasteiger partial charge in [0.15, 0.2) is 11.0 Å². The summed E-state index contributed by atoms with van der Waals surface area (Å²) >= 11 is 1.56. The van der Waals surface area contributed by atoms with E-state index < -0.39 is 0 Å². The Morgan fingerprint density at radius 3 is 2.48 bits per heavy atom. The van der Waals surface area contributed by atoms with Gasteiger partial charge in [0, 0.05) is 24.2 Å². The minimum Gasteiger partial charge on any atom is -0.351 e. The summed E-state index contributed by atoms with van der Waals surface area (Å²) in [5.74, 6) is 0.704. The van der Waals surface area contributed by atoms with Crippen molar-refractivity contribution in [1.29, 1.82) is 10.8 Å². The SMILES string of the molecule is Cl.N=C1N=C(N2CCCCC2)SC1=C1NC(=N)c2ccccc21. The molecule has 0 atom stereocenters. The molecule has 0 bridgehead atoms. The highest BCUT2D eigenvalue weighted by Crippen LogP contribution is 2.37. The van der Waals surface area contributed by atoms with E-state index in [0.29, 0.717) is 11.7 Å². The van der Waals surface area contributed by atoms with Crippen LogP contribution in [0.25, 0.3) is 5.70 Å². The van der Waals surface area contributed by atoms with Crippen LogP contribution in [0.2, 0.25) is 0 Å². The van der Waals surface area contributed by atoms with E-state index in [4.69, 9.17) is 10.8 Å². The molecule has 1 saturated heterocycles. The van der Waals surface area contributed by atoms with Crippen LogP contribution >= 0.6 is 24.2 Å². The van der Waals surface area contributed by atoms with Crippen molar-refractivity contribution in [2.75, 3.05) is 13.1 Å². The minimum atomic E-state index is 0. The van der Waals surface area contributed by atoms with Gasteiger partial charge in [0.25, 0.3) is 0 Å². The zero-order chi connectivity index (χ0) is 15.1. The van der Waals surface area contributed by atoms with Gasteiger partial charge < -0.3 is 10.2 Å². The van der Waals surface area contributed by atoms with Crippen molar-refractivity contribution in [2.45, 2.75) is 19.3 Å². The lowest BCUT2D eigenvalue weighted by atomic mass is 10.1. The van der Waals surface area contributed by atoms with E-state index in [-0.39, 0.29) is 12.4 Å². The van der Waals surface area contributed by atoms with Gasteiger partial charge in [-0.05, 0) is 31.0 Å². The summed E-state index contributed by atoms with van der Waals surface area (Å²) in [4.78, 5) is 7.57. The zero-order valence-electron chi connectivity index (χ0n) is 12.6. The summed E-state index contributed by atoms with van der Waals surface area (Å²) in [6.07, 6.45) is 3.68. The van der Waals surface area contributed by atoms with E-state index in [1.807, 2.05) is 24.3 Å². The third kappa shape index (κ3) is 2.77. The Morgan fingerprint density at radius 1 is 1.04 bits per heavy atom. The van der Waals surface area contributed by atoms with Crippen molar-refractivity contribution in [3.63, 3.8) is 0 Å². The summed E-state index contributed by atoms with van der Waals surface area (Å²) < 4.78 is 0. The average molecular weight is 348 g/mol. The van der Waals surface area contributed by atoms with Gasteiger partial charge in [0.05, 0.1) is 10.6 Å². The summed E-state index contributed by atoms with van der Waals surface area (Å²) in [6, 6.07) is 7.84. The molecule has 0 saturated carbocycles. The molecule has 3 aliphatic rings. The summed E-state index contributed by atoms with van der Waals surface area (Å²) in [5, 5.41) is 20.3. The van der Waals surface area contributed by atoms with Crippen LogP contribution in [-0.2, 0) is 0 Å². The molecule has 120 valence electrons. The standard InChI is InChI=1S/C16H17N5S.ClH/c17-14-11-7-3-2-6-10(11)12(19-14)13-15(18)20-16(22-13)21-8-4-1-5-9-21;/h2-3,6-7,18H,1,4-5,8-9H2,(H2,17,19);1H. The molecule has 7 heteroatoms. The molecule has 1 aromatic rings. The van der Waals surface area contributed by atoms with Gasteiger partial charge >= 0.3 is 0 Å². The second-order valence-electron chi connectivity index (χ2n) is 5.64. The number of thioether (sulfide) groups is 1. The second-order valence-corrected chi connectivity index (χ2v) is 6.62. The maximum Gasteiger partial charge on any atom is 0.171 e. The molecule has 0 aromatic heterocycles. The molecule has 0 radical (unpaired) electrons. The van der Waals surface area contributed by atoms with Gasteiger partial charge in [-0.3, -0.25) is 10.8 Å². The number of likely N-dealkylation sites (tertiary alicyclic amines) is 1. The summed E-state index contributed by atoms with van der Waals surface area (Å²) in [6.45, 7) is 2.06. The Hall–Kier alpha value is -1.79. The normalized spacial score (nSPS) is 23.3. The first kappa shape index (κ1) is 16.1. The third-order valence-electron chi connectivity index (χ3n) is 4.19. The molecule has 3 N–H and O–H groups in total. The molecule has 3 heterocycles. The molecule has 0 unspecified atom stereocenters. The quantitative estimate of drug-likeness (QED) is 0.674. The van der Waals surface area contributed by atoms with E-state index in [0.717, 1.165) is 40.0 Å². The van der Waals surface area contributed by atoms with Crippen LogP contribution < -0.4 is 5.32 Å². The van der Waals surface area contributed by atoms with Crippen LogP contribution in [0.1, 0.15) is 30.4 Å². The number of hydrogen-bond acceptors (Lipinski definition) is 4. The molecule has 1 fully saturated rings. The number of benzene rings is 1. The topological polar surface area (TPSA) is 75.3 Å². The minimum absolute atomic E-state index is 0. The fourth-order valence-corrected chi connectivity index (χ4v) is 4.09. The van der Waals surface area contributed by atoms with Crippen molar-refractivity contribution < 1.29 is 0 Å². The van der Waals surface area contributed by atoms with Crippen molar-refractivity contribution in [3.05, 3.63) is 40.3 Å². The van der Waals surface area contributed by atoms with E-state index in [1.54, 1.807) is 11.8 Å². The number of piperidine rings is 1. The molecule has 3 aliphatic heterocycles. The molecule has 1 aromatic carbocycles. The van der Waals surface area contributed by atoms with Crippen molar-refractivity contribution in [1.82, 2.24) is 10.2 Å². The van der Waals surface area contributed by atoms with Crippen LogP contribution in [0.3, 0.4) is 0 Å². The highest BCUT2D eigenvalue weighted by molar-refractivity contribution is 8.18. The highest BCUT2D eigenvalue weighted by atomic mass is 35.5. The number of amidine groups is 3. The van der Waals surface area contributed by atoms with Gasteiger partial charge in [-0.1, -0.05) is 24.3 Å². The number of nitrogens with zero attached hydrogens (tertiary/aromatic N) is 2. The number of aliphatic imine (C=N–C) groups is 1. The smallest absolute Gasteiger partial charge is 0.171 e. The summed E-state index contributed by atoms with van der Waals surface area (Å²) in [5.41, 5.74) is 2.74. The first-order valence-corrected chi connectivity index (χ1v) is 8.36. The lowest BCUT2D eigenvalue weighted by Gasteiger charge is -2.27. The van der Waals surface area contributed by atoms with E-state index in [2.05, 4.69) is 15.2 Å². The van der Waals surface area contributed by atoms with Gasteiger partial charge in [0.1, 0.15) is 5.84 Å². The number of nitrogens with one attached hydrogen (secondary N) is 3. The number of hydrogen-bond donors (Lipinski definition) is 3. The lowest BCUT2D eigenvalue weighted by Crippen LogP contribution is -2.33. The average Bonchev–Trinajstić information content (AvgIpc) is 3.09. The maximum absolute atomic E-state index is 8.22. The maximum atomic E-state index is 8.22. The first-order chi connectivity index (χ1) is 10.7. The number of fused-ring (bicyclic) bond motifs is 1. The second kappa shape index (κ2) is 6.37. The van der Waals surface area contributed by atoms with Crippen LogP contribution in [0, 0.1) is 10.8 Å². The Bertz CT molecular complexity index is 734. The van der Waals surface area contributed by atoms with Gasteiger partial charge in [0.2, 0.25) is 0 Å². The Labute approximate surface area is 145 Å². The third-order valence-corrected chi connectivity index (χ3v) is 5.32. The fraction of sp³-hybridized carbons (Fsp3) is 0.312. The van der Waals surface area contributed by atoms with Crippen LogP contribution in [0.5, 0.6) is 0 Å². The Morgan fingerprint density at radius 2 is 1.74 bits per heavy atom. The molecule has 4 rings (SSSR count). The van der Waals surface area contributed by atoms with Crippen molar-refractivity contribution >= 4 is 46.7 Å². The van der Waals surface area contributed by atoms with Crippen molar-refractivity contribution in [3.8, 4) is 0 Å². The largest absolute Gasteiger partial charge is 0.351 e. The van der Waals surface area contributed by atoms with E-state index in [1.165, 1.54) is 19.3 Å².